The maximum atomic E-state index is 13.0. The highest BCUT2D eigenvalue weighted by molar-refractivity contribution is 5.73. The summed E-state index contributed by atoms with van der Waals surface area (Å²) in [6.07, 6.45) is -1.46. The van der Waals surface area contributed by atoms with Crippen LogP contribution in [0, 0.1) is 5.82 Å². The summed E-state index contributed by atoms with van der Waals surface area (Å²) in [4.78, 5) is 30.8. The van der Waals surface area contributed by atoms with E-state index in [1.807, 2.05) is 17.9 Å². The molecule has 2 aliphatic rings. The third kappa shape index (κ3) is 8.03. The molecular weight excluding hydrogens is 509 g/mol. The fourth-order valence-corrected chi connectivity index (χ4v) is 3.76. The third-order valence-electron chi connectivity index (χ3n) is 5.18. The van der Waals surface area contributed by atoms with Crippen LogP contribution >= 0.6 is 0 Å². The van der Waals surface area contributed by atoms with Gasteiger partial charge in [-0.25, -0.2) is 23.9 Å². The molecule has 0 aliphatic carbocycles. The van der Waals surface area contributed by atoms with Crippen molar-refractivity contribution >= 4 is 17.9 Å². The summed E-state index contributed by atoms with van der Waals surface area (Å²) in [5, 5.41) is 18.5. The summed E-state index contributed by atoms with van der Waals surface area (Å²) in [6.45, 7) is 2.94. The maximum Gasteiger partial charge on any atom is 0.490 e. The van der Waals surface area contributed by atoms with Crippen LogP contribution in [0.2, 0.25) is 0 Å². The molecule has 0 aromatic carbocycles. The highest BCUT2D eigenvalue weighted by Gasteiger charge is 2.43. The molecule has 0 unspecified atom stereocenters. The Bertz CT molecular complexity index is 1000. The van der Waals surface area contributed by atoms with E-state index in [1.165, 1.54) is 18.0 Å². The van der Waals surface area contributed by atoms with E-state index in [-0.39, 0.29) is 5.82 Å². The number of aromatic nitrogens is 4. The van der Waals surface area contributed by atoms with E-state index in [0.717, 1.165) is 32.5 Å². The van der Waals surface area contributed by atoms with E-state index in [9.17, 15) is 30.7 Å². The number of hydrogen-bond acceptors (Lipinski definition) is 7. The summed E-state index contributed by atoms with van der Waals surface area (Å²) in [6, 6.07) is 0.955. The highest BCUT2D eigenvalue weighted by Crippen LogP contribution is 2.34. The quantitative estimate of drug-likeness (QED) is 0.576. The Hall–Kier alpha value is -3.50. The van der Waals surface area contributed by atoms with Gasteiger partial charge in [0.2, 0.25) is 5.95 Å². The molecule has 2 saturated heterocycles. The smallest absolute Gasteiger partial charge is 0.475 e. The number of fused-ring (bicyclic) bond motifs is 1. The van der Waals surface area contributed by atoms with Crippen molar-refractivity contribution in [3.05, 3.63) is 36.2 Å². The number of rotatable bonds is 3. The molecule has 36 heavy (non-hydrogen) atoms. The zero-order chi connectivity index (χ0) is 27.3. The molecule has 2 aromatic rings. The van der Waals surface area contributed by atoms with Gasteiger partial charge < -0.3 is 15.1 Å². The number of hydrogen-bond donors (Lipinski definition) is 2. The van der Waals surface area contributed by atoms with E-state index in [4.69, 9.17) is 19.8 Å². The molecule has 0 radical (unpaired) electrons. The zero-order valence-electron chi connectivity index (χ0n) is 18.5. The normalized spacial score (nSPS) is 19.6. The van der Waals surface area contributed by atoms with Crippen molar-refractivity contribution in [2.45, 2.75) is 43.8 Å². The first kappa shape index (κ1) is 28.7. The van der Waals surface area contributed by atoms with Gasteiger partial charge >= 0.3 is 24.3 Å². The van der Waals surface area contributed by atoms with Crippen LogP contribution in [0.4, 0.5) is 36.7 Å². The predicted octanol–water partition coefficient (Wildman–Crippen LogP) is 2.47. The van der Waals surface area contributed by atoms with Gasteiger partial charge in [0.05, 0.1) is 18.6 Å². The highest BCUT2D eigenvalue weighted by atomic mass is 19.4. The Morgan fingerprint density at radius 2 is 1.44 bits per heavy atom. The second kappa shape index (κ2) is 11.5. The first-order valence-corrected chi connectivity index (χ1v) is 10.2. The monoisotopic (exact) mass is 530 g/mol. The molecule has 0 amide bonds. The fourth-order valence-electron chi connectivity index (χ4n) is 3.76. The number of carboxylic acids is 2. The Kier molecular flexibility index (Phi) is 9.17. The first-order valence-electron chi connectivity index (χ1n) is 10.2. The SMILES string of the molecule is Cn1cc(CN2CC[C@@H]3[C@@H]2CCN3c2ncc(F)cn2)cn1.O=C(O)C(F)(F)F.O=C(O)C(F)(F)F. The van der Waals surface area contributed by atoms with Crippen molar-refractivity contribution in [3.8, 4) is 0 Å². The number of likely N-dealkylation sites (tertiary alicyclic amines) is 1. The number of nitrogens with zero attached hydrogens (tertiary/aromatic N) is 6. The number of halogens is 7. The van der Waals surface area contributed by atoms with E-state index in [2.05, 4.69) is 31.1 Å². The Labute approximate surface area is 199 Å². The Morgan fingerprint density at radius 3 is 1.89 bits per heavy atom. The summed E-state index contributed by atoms with van der Waals surface area (Å²) in [5.74, 6) is -5.25. The van der Waals surface area contributed by atoms with Crippen molar-refractivity contribution in [2.75, 3.05) is 18.0 Å². The minimum Gasteiger partial charge on any atom is -0.475 e. The van der Waals surface area contributed by atoms with E-state index in [0.29, 0.717) is 18.0 Å². The number of carboxylic acid groups (broad SMARTS) is 2. The van der Waals surface area contributed by atoms with E-state index >= 15 is 0 Å². The second-order valence-corrected chi connectivity index (χ2v) is 7.71. The van der Waals surface area contributed by atoms with Crippen LogP contribution in [-0.2, 0) is 23.2 Å². The Balaban J connectivity index is 0.000000271. The number of aliphatic carboxylic acids is 2. The van der Waals surface area contributed by atoms with Crippen LogP contribution in [0.25, 0.3) is 0 Å². The number of anilines is 1. The van der Waals surface area contributed by atoms with Crippen molar-refractivity contribution in [3.63, 3.8) is 0 Å². The van der Waals surface area contributed by atoms with Gasteiger partial charge in [0.25, 0.3) is 0 Å². The molecule has 4 heterocycles. The molecule has 2 aliphatic heterocycles. The summed E-state index contributed by atoms with van der Waals surface area (Å²) in [5.41, 5.74) is 1.25. The lowest BCUT2D eigenvalue weighted by molar-refractivity contribution is -0.193. The van der Waals surface area contributed by atoms with Gasteiger partial charge in [-0.1, -0.05) is 0 Å². The molecule has 2 aromatic heterocycles. The standard InChI is InChI=1S/C15H19FN6.2C2HF3O2/c1-20-9-11(6-19-20)10-21-4-2-14-13(21)3-5-22(14)15-17-7-12(16)8-18-15;2*3-2(4,5)1(6)7/h6-9,13-14H,2-5,10H2,1H3;2*(H,6,7)/t13-,14+;;/m0../s1. The average Bonchev–Trinajstić information content (AvgIpc) is 3.46. The summed E-state index contributed by atoms with van der Waals surface area (Å²) < 4.78 is 78.3. The minimum atomic E-state index is -5.08. The molecule has 4 rings (SSSR count). The van der Waals surface area contributed by atoms with Crippen LogP contribution < -0.4 is 4.90 Å². The maximum absolute atomic E-state index is 13.0. The molecular formula is C19H21F7N6O4. The summed E-state index contributed by atoms with van der Waals surface area (Å²) >= 11 is 0. The van der Waals surface area contributed by atoms with Crippen molar-refractivity contribution in [2.24, 2.45) is 7.05 Å². The van der Waals surface area contributed by atoms with Gasteiger partial charge in [-0.05, 0) is 12.8 Å². The molecule has 2 fully saturated rings. The van der Waals surface area contributed by atoms with Gasteiger partial charge in [0.15, 0.2) is 5.82 Å². The van der Waals surface area contributed by atoms with Crippen LogP contribution in [0.15, 0.2) is 24.8 Å². The topological polar surface area (TPSA) is 125 Å². The lowest BCUT2D eigenvalue weighted by atomic mass is 10.1. The molecule has 200 valence electrons. The number of carbonyl (C=O) groups is 2. The molecule has 17 heteroatoms. The van der Waals surface area contributed by atoms with Crippen LogP contribution in [0.5, 0.6) is 0 Å². The number of alkyl halides is 6. The lowest BCUT2D eigenvalue weighted by Gasteiger charge is -2.25. The average molecular weight is 530 g/mol. The van der Waals surface area contributed by atoms with E-state index in [1.54, 1.807) is 0 Å². The lowest BCUT2D eigenvalue weighted by Crippen LogP contribution is -2.37. The molecule has 2 atom stereocenters. The van der Waals surface area contributed by atoms with Gasteiger partial charge in [-0.15, -0.1) is 0 Å². The minimum absolute atomic E-state index is 0.385. The Morgan fingerprint density at radius 1 is 0.944 bits per heavy atom. The first-order chi connectivity index (χ1) is 16.6. The largest absolute Gasteiger partial charge is 0.490 e. The second-order valence-electron chi connectivity index (χ2n) is 7.71. The van der Waals surface area contributed by atoms with Gasteiger partial charge in [0, 0.05) is 50.5 Å². The molecule has 0 saturated carbocycles. The van der Waals surface area contributed by atoms with Gasteiger partial charge in [-0.3, -0.25) is 9.58 Å². The zero-order valence-corrected chi connectivity index (χ0v) is 18.5. The summed E-state index contributed by atoms with van der Waals surface area (Å²) in [7, 11) is 1.94. The molecule has 2 N–H and O–H groups in total. The van der Waals surface area contributed by atoms with Crippen LogP contribution in [0.1, 0.15) is 18.4 Å². The molecule has 10 nitrogen and oxygen atoms in total. The predicted molar refractivity (Wildman–Crippen MR) is 107 cm³/mol. The molecule has 0 bridgehead atoms. The van der Waals surface area contributed by atoms with Gasteiger partial charge in [0.1, 0.15) is 0 Å². The number of aryl methyl sites for hydroxylation is 1. The van der Waals surface area contributed by atoms with Crippen molar-refractivity contribution in [1.82, 2.24) is 24.6 Å². The van der Waals surface area contributed by atoms with Crippen LogP contribution in [0.3, 0.4) is 0 Å². The fraction of sp³-hybridized carbons (Fsp3) is 0.526. The van der Waals surface area contributed by atoms with Gasteiger partial charge in [-0.2, -0.15) is 31.4 Å². The third-order valence-corrected chi connectivity index (χ3v) is 5.18. The molecule has 0 spiro atoms. The van der Waals surface area contributed by atoms with E-state index < -0.39 is 24.3 Å². The van der Waals surface area contributed by atoms with Crippen molar-refractivity contribution in [1.29, 1.82) is 0 Å². The van der Waals surface area contributed by atoms with Crippen LogP contribution in [-0.4, -0.2) is 84.3 Å². The van der Waals surface area contributed by atoms with Crippen molar-refractivity contribution < 1.29 is 50.5 Å².